The molecule has 2 fully saturated rings. The minimum Gasteiger partial charge on any atom is -0.332 e. The number of hydrogen-bond donors (Lipinski definition) is 1. The summed E-state index contributed by atoms with van der Waals surface area (Å²) < 4.78 is 0. The van der Waals surface area contributed by atoms with Crippen LogP contribution in [0.15, 0.2) is 22.3 Å². The van der Waals surface area contributed by atoms with Crippen molar-refractivity contribution in [2.24, 2.45) is 0 Å². The van der Waals surface area contributed by atoms with Gasteiger partial charge in [0.2, 0.25) is 5.91 Å². The standard InChI is InChI=1S/C24H32N4O2S/c29-22(15-18-9-6-14-31-18)28-12-5-4-10-21(28)23-25-20-16-27(17-7-2-1-3-8-17)13-11-19(20)24(30)26-23/h6,9,14,17,21H,1-5,7-8,10-13,15-16H2,(H,25,26,30). The Bertz CT molecular complexity index is 964. The van der Waals surface area contributed by atoms with Gasteiger partial charge in [-0.2, -0.15) is 0 Å². The SMILES string of the molecule is O=C(Cc1cccs1)N1CCCCC1c1nc2c(c(=O)[nH]1)CCN(C1CCCCC1)C2. The van der Waals surface area contributed by atoms with E-state index in [4.69, 9.17) is 4.98 Å². The number of carbonyl (C=O) groups excluding carboxylic acids is 1. The second-order valence-electron chi connectivity index (χ2n) is 9.24. The molecule has 166 valence electrons. The van der Waals surface area contributed by atoms with Gasteiger partial charge < -0.3 is 9.88 Å². The Balaban J connectivity index is 1.38. The zero-order valence-corrected chi connectivity index (χ0v) is 19.0. The molecule has 7 heteroatoms. The molecule has 1 amide bonds. The summed E-state index contributed by atoms with van der Waals surface area (Å²) in [6.45, 7) is 2.47. The Kier molecular flexibility index (Phi) is 6.23. The van der Waals surface area contributed by atoms with Crippen molar-refractivity contribution in [3.05, 3.63) is 49.8 Å². The lowest BCUT2D eigenvalue weighted by Gasteiger charge is -2.38. The van der Waals surface area contributed by atoms with Crippen LogP contribution in [0.5, 0.6) is 0 Å². The van der Waals surface area contributed by atoms with E-state index in [1.807, 2.05) is 22.4 Å². The first-order chi connectivity index (χ1) is 15.2. The van der Waals surface area contributed by atoms with Crippen LogP contribution in [0.25, 0.3) is 0 Å². The number of aromatic nitrogens is 2. The second kappa shape index (κ2) is 9.25. The van der Waals surface area contributed by atoms with Gasteiger partial charge in [0, 0.05) is 36.1 Å². The van der Waals surface area contributed by atoms with Crippen LogP contribution in [0, 0.1) is 0 Å². The summed E-state index contributed by atoms with van der Waals surface area (Å²) in [6, 6.07) is 4.51. The van der Waals surface area contributed by atoms with Gasteiger partial charge in [-0.3, -0.25) is 14.5 Å². The lowest BCUT2D eigenvalue weighted by Crippen LogP contribution is -2.44. The molecule has 1 unspecified atom stereocenters. The number of thiophene rings is 1. The zero-order chi connectivity index (χ0) is 21.2. The highest BCUT2D eigenvalue weighted by atomic mass is 32.1. The summed E-state index contributed by atoms with van der Waals surface area (Å²) in [5, 5.41) is 2.01. The largest absolute Gasteiger partial charge is 0.332 e. The van der Waals surface area contributed by atoms with Crippen molar-refractivity contribution in [2.45, 2.75) is 82.8 Å². The molecule has 1 atom stereocenters. The highest BCUT2D eigenvalue weighted by molar-refractivity contribution is 7.10. The number of H-pyrrole nitrogens is 1. The Labute approximate surface area is 187 Å². The van der Waals surface area contributed by atoms with Crippen molar-refractivity contribution >= 4 is 17.2 Å². The fraction of sp³-hybridized carbons (Fsp3) is 0.625. The maximum absolute atomic E-state index is 13.1. The predicted molar refractivity (Wildman–Crippen MR) is 122 cm³/mol. The molecule has 1 N–H and O–H groups in total. The molecular weight excluding hydrogens is 408 g/mol. The number of aromatic amines is 1. The summed E-state index contributed by atoms with van der Waals surface area (Å²) in [5.41, 5.74) is 1.79. The number of likely N-dealkylation sites (tertiary alicyclic amines) is 1. The molecule has 0 radical (unpaired) electrons. The van der Waals surface area contributed by atoms with Crippen molar-refractivity contribution in [1.29, 1.82) is 0 Å². The van der Waals surface area contributed by atoms with Gasteiger partial charge in [-0.1, -0.05) is 25.3 Å². The molecule has 2 aromatic rings. The van der Waals surface area contributed by atoms with E-state index in [9.17, 15) is 9.59 Å². The van der Waals surface area contributed by atoms with Crippen LogP contribution in [-0.4, -0.2) is 44.8 Å². The third-order valence-electron chi connectivity index (χ3n) is 7.26. The average molecular weight is 441 g/mol. The maximum atomic E-state index is 13.1. The number of fused-ring (bicyclic) bond motifs is 1. The lowest BCUT2D eigenvalue weighted by atomic mass is 9.92. The lowest BCUT2D eigenvalue weighted by molar-refractivity contribution is -0.134. The van der Waals surface area contributed by atoms with Gasteiger partial charge >= 0.3 is 0 Å². The topological polar surface area (TPSA) is 69.3 Å². The summed E-state index contributed by atoms with van der Waals surface area (Å²) in [6.07, 6.45) is 10.6. The number of rotatable bonds is 4. The molecule has 0 bridgehead atoms. The number of nitrogens with zero attached hydrogens (tertiary/aromatic N) is 3. The zero-order valence-electron chi connectivity index (χ0n) is 18.1. The van der Waals surface area contributed by atoms with Crippen LogP contribution in [0.4, 0.5) is 0 Å². The van der Waals surface area contributed by atoms with Crippen LogP contribution in [-0.2, 0) is 24.2 Å². The van der Waals surface area contributed by atoms with Gasteiger partial charge in [0.25, 0.3) is 5.56 Å². The first kappa shape index (κ1) is 20.9. The molecule has 1 saturated heterocycles. The Morgan fingerprint density at radius 3 is 2.77 bits per heavy atom. The Hall–Kier alpha value is -1.99. The van der Waals surface area contributed by atoms with Crippen LogP contribution >= 0.6 is 11.3 Å². The third-order valence-corrected chi connectivity index (χ3v) is 8.13. The summed E-state index contributed by atoms with van der Waals surface area (Å²) in [4.78, 5) is 39.6. The van der Waals surface area contributed by atoms with Crippen molar-refractivity contribution in [1.82, 2.24) is 19.8 Å². The van der Waals surface area contributed by atoms with Crippen LogP contribution in [0.1, 0.15) is 79.4 Å². The smallest absolute Gasteiger partial charge is 0.254 e. The number of hydrogen-bond acceptors (Lipinski definition) is 5. The molecule has 3 aliphatic rings. The van der Waals surface area contributed by atoms with E-state index in [0.717, 1.165) is 61.5 Å². The molecule has 0 spiro atoms. The Morgan fingerprint density at radius 2 is 1.97 bits per heavy atom. The van der Waals surface area contributed by atoms with Gasteiger partial charge in [0.05, 0.1) is 18.2 Å². The first-order valence-corrected chi connectivity index (χ1v) is 12.7. The van der Waals surface area contributed by atoms with Gasteiger partial charge in [0.15, 0.2) is 0 Å². The molecule has 1 aliphatic carbocycles. The molecule has 2 aliphatic heterocycles. The Morgan fingerprint density at radius 1 is 1.13 bits per heavy atom. The monoisotopic (exact) mass is 440 g/mol. The normalized spacial score (nSPS) is 23.0. The second-order valence-corrected chi connectivity index (χ2v) is 10.3. The molecule has 2 aromatic heterocycles. The highest BCUT2D eigenvalue weighted by Crippen LogP contribution is 2.31. The number of nitrogens with one attached hydrogen (secondary N) is 1. The van der Waals surface area contributed by atoms with E-state index in [1.54, 1.807) is 11.3 Å². The molecular formula is C24H32N4O2S. The summed E-state index contributed by atoms with van der Waals surface area (Å²) in [7, 11) is 0. The van der Waals surface area contributed by atoms with E-state index in [2.05, 4.69) is 9.88 Å². The van der Waals surface area contributed by atoms with Gasteiger partial charge in [0.1, 0.15) is 5.82 Å². The summed E-state index contributed by atoms with van der Waals surface area (Å²) >= 11 is 1.62. The predicted octanol–water partition coefficient (Wildman–Crippen LogP) is 3.82. The average Bonchev–Trinajstić information content (AvgIpc) is 3.32. The first-order valence-electron chi connectivity index (χ1n) is 11.9. The van der Waals surface area contributed by atoms with E-state index in [1.165, 1.54) is 32.1 Å². The van der Waals surface area contributed by atoms with Crippen molar-refractivity contribution in [3.63, 3.8) is 0 Å². The fourth-order valence-corrected chi connectivity index (χ4v) is 6.27. The van der Waals surface area contributed by atoms with Crippen LogP contribution < -0.4 is 5.56 Å². The minimum absolute atomic E-state index is 0.000441. The third kappa shape index (κ3) is 4.48. The molecule has 0 aromatic carbocycles. The van der Waals surface area contributed by atoms with Crippen LogP contribution in [0.3, 0.4) is 0 Å². The number of piperidine rings is 1. The van der Waals surface area contributed by atoms with Crippen molar-refractivity contribution in [3.8, 4) is 0 Å². The maximum Gasteiger partial charge on any atom is 0.254 e. The van der Waals surface area contributed by atoms with Crippen molar-refractivity contribution in [2.75, 3.05) is 13.1 Å². The molecule has 1 saturated carbocycles. The number of carbonyl (C=O) groups is 1. The highest BCUT2D eigenvalue weighted by Gasteiger charge is 2.32. The van der Waals surface area contributed by atoms with E-state index >= 15 is 0 Å². The van der Waals surface area contributed by atoms with E-state index < -0.39 is 0 Å². The number of amides is 1. The van der Waals surface area contributed by atoms with Gasteiger partial charge in [-0.25, -0.2) is 4.98 Å². The van der Waals surface area contributed by atoms with E-state index in [0.29, 0.717) is 18.3 Å². The molecule has 31 heavy (non-hydrogen) atoms. The minimum atomic E-state index is -0.121. The van der Waals surface area contributed by atoms with Gasteiger partial charge in [-0.15, -0.1) is 11.3 Å². The fourth-order valence-electron chi connectivity index (χ4n) is 5.57. The molecule has 5 rings (SSSR count). The van der Waals surface area contributed by atoms with E-state index in [-0.39, 0.29) is 17.5 Å². The molecule has 6 nitrogen and oxygen atoms in total. The van der Waals surface area contributed by atoms with Crippen molar-refractivity contribution < 1.29 is 4.79 Å². The van der Waals surface area contributed by atoms with Gasteiger partial charge in [-0.05, 0) is 50.0 Å². The summed E-state index contributed by atoms with van der Waals surface area (Å²) in [5.74, 6) is 0.824. The molecule has 4 heterocycles. The quantitative estimate of drug-likeness (QED) is 0.785. The van der Waals surface area contributed by atoms with Crippen LogP contribution in [0.2, 0.25) is 0 Å².